The molecule has 0 saturated carbocycles. The number of carbonyl (C=O) groups is 5. The lowest BCUT2D eigenvalue weighted by atomic mass is 10.1. The van der Waals surface area contributed by atoms with E-state index in [4.69, 9.17) is 14.9 Å². The fraction of sp³-hybridized carbons (Fsp3) is 0.357. The van der Waals surface area contributed by atoms with Crippen LogP contribution < -0.4 is 4.90 Å². The molecule has 2 amide bonds. The van der Waals surface area contributed by atoms with Crippen LogP contribution in [-0.2, 0) is 19.1 Å². The molecule has 40 heavy (non-hydrogen) atoms. The lowest BCUT2D eigenvalue weighted by Crippen LogP contribution is -2.51. The van der Waals surface area contributed by atoms with E-state index in [2.05, 4.69) is 14.8 Å². The van der Waals surface area contributed by atoms with Gasteiger partial charge in [0.2, 0.25) is 0 Å². The van der Waals surface area contributed by atoms with Crippen molar-refractivity contribution in [3.8, 4) is 0 Å². The summed E-state index contributed by atoms with van der Waals surface area (Å²) in [7, 11) is 0. The van der Waals surface area contributed by atoms with Gasteiger partial charge in [0.1, 0.15) is 11.9 Å². The molecular formula is C28H32N4O8. The molecule has 1 fully saturated rings. The zero-order chi connectivity index (χ0) is 29.2. The van der Waals surface area contributed by atoms with E-state index in [9.17, 15) is 24.0 Å². The van der Waals surface area contributed by atoms with Gasteiger partial charge in [-0.25, -0.2) is 14.6 Å². The number of imide groups is 1. The molecular weight excluding hydrogens is 520 g/mol. The smallest absolute Gasteiger partial charge is 0.328 e. The molecule has 0 spiro atoms. The zero-order valence-electron chi connectivity index (χ0n) is 22.3. The van der Waals surface area contributed by atoms with Crippen LogP contribution in [0.2, 0.25) is 0 Å². The minimum absolute atomic E-state index is 0.0469. The molecule has 12 heteroatoms. The first kappa shape index (κ1) is 30.0. The lowest BCUT2D eigenvalue weighted by Gasteiger charge is -2.37. The number of rotatable bonds is 9. The van der Waals surface area contributed by atoms with Crippen LogP contribution in [0.4, 0.5) is 5.82 Å². The van der Waals surface area contributed by atoms with Crippen molar-refractivity contribution in [2.24, 2.45) is 5.92 Å². The molecule has 2 aliphatic rings. The summed E-state index contributed by atoms with van der Waals surface area (Å²) in [5.74, 6) is -2.87. The summed E-state index contributed by atoms with van der Waals surface area (Å²) in [5, 5.41) is 15.6. The number of fused-ring (bicyclic) bond motifs is 1. The molecule has 3 heterocycles. The number of aliphatic carboxylic acids is 2. The van der Waals surface area contributed by atoms with Crippen molar-refractivity contribution in [1.82, 2.24) is 14.8 Å². The van der Waals surface area contributed by atoms with Crippen LogP contribution in [0.5, 0.6) is 0 Å². The minimum atomic E-state index is -1.26. The number of anilines is 1. The summed E-state index contributed by atoms with van der Waals surface area (Å²) in [5.41, 5.74) is 0.797. The summed E-state index contributed by atoms with van der Waals surface area (Å²) < 4.78 is 5.73. The van der Waals surface area contributed by atoms with Crippen LogP contribution in [0.25, 0.3) is 0 Å². The molecule has 0 radical (unpaired) electrons. The first-order valence-corrected chi connectivity index (χ1v) is 12.7. The van der Waals surface area contributed by atoms with Crippen LogP contribution in [0.15, 0.2) is 60.8 Å². The second-order valence-electron chi connectivity index (χ2n) is 9.47. The van der Waals surface area contributed by atoms with Gasteiger partial charge in [0.15, 0.2) is 0 Å². The molecule has 1 aromatic carbocycles. The second kappa shape index (κ2) is 14.0. The molecule has 4 rings (SSSR count). The number of esters is 1. The van der Waals surface area contributed by atoms with Gasteiger partial charge in [-0.05, 0) is 24.3 Å². The van der Waals surface area contributed by atoms with E-state index < -0.39 is 18.0 Å². The van der Waals surface area contributed by atoms with Crippen molar-refractivity contribution in [2.45, 2.75) is 20.0 Å². The first-order chi connectivity index (χ1) is 19.1. The van der Waals surface area contributed by atoms with Crippen molar-refractivity contribution in [1.29, 1.82) is 0 Å². The number of amides is 2. The average molecular weight is 553 g/mol. The van der Waals surface area contributed by atoms with Gasteiger partial charge in [0.05, 0.1) is 23.6 Å². The number of aromatic nitrogens is 1. The Morgan fingerprint density at radius 3 is 1.90 bits per heavy atom. The van der Waals surface area contributed by atoms with Gasteiger partial charge in [-0.15, -0.1) is 0 Å². The van der Waals surface area contributed by atoms with Gasteiger partial charge < -0.3 is 19.8 Å². The normalized spacial score (nSPS) is 16.0. The van der Waals surface area contributed by atoms with E-state index in [1.165, 1.54) is 4.90 Å². The summed E-state index contributed by atoms with van der Waals surface area (Å²) in [6, 6.07) is 12.6. The third-order valence-corrected chi connectivity index (χ3v) is 6.19. The minimum Gasteiger partial charge on any atom is -0.478 e. The largest absolute Gasteiger partial charge is 0.478 e. The molecule has 12 nitrogen and oxygen atoms in total. The monoisotopic (exact) mass is 552 g/mol. The van der Waals surface area contributed by atoms with Crippen molar-refractivity contribution >= 4 is 35.5 Å². The number of carboxylic acid groups (broad SMARTS) is 2. The zero-order valence-corrected chi connectivity index (χ0v) is 22.3. The van der Waals surface area contributed by atoms with Crippen LogP contribution in [0.1, 0.15) is 34.6 Å². The highest BCUT2D eigenvalue weighted by molar-refractivity contribution is 6.21. The standard InChI is InChI=1S/C24H28N4O4.C4H4O4/c1-17(2)24(31)32-18(16-28-22(29)19-7-3-4-8-20(19)23(28)30)15-26-11-13-27(14-12-26)21-9-5-6-10-25-21;5-3(6)1-2-4(7)8/h3-10,17-18H,11-16H2,1-2H3;1-2H,(H,5,6)(H,7,8)/b;2-1-. The van der Waals surface area contributed by atoms with Gasteiger partial charge in [-0.3, -0.25) is 24.2 Å². The Labute approximate surface area is 231 Å². The van der Waals surface area contributed by atoms with Crippen LogP contribution >= 0.6 is 0 Å². The average Bonchev–Trinajstić information content (AvgIpc) is 3.18. The Morgan fingerprint density at radius 2 is 1.43 bits per heavy atom. The van der Waals surface area contributed by atoms with E-state index >= 15 is 0 Å². The summed E-state index contributed by atoms with van der Waals surface area (Å²) in [6.07, 6.45) is 2.31. The Hall–Kier alpha value is -4.58. The Morgan fingerprint density at radius 1 is 0.875 bits per heavy atom. The second-order valence-corrected chi connectivity index (χ2v) is 9.47. The number of ether oxygens (including phenoxy) is 1. The van der Waals surface area contributed by atoms with Crippen molar-refractivity contribution in [2.75, 3.05) is 44.2 Å². The number of pyridine rings is 1. The Bertz CT molecular complexity index is 1200. The number of benzene rings is 1. The third kappa shape index (κ3) is 8.21. The number of nitrogens with zero attached hydrogens (tertiary/aromatic N) is 4. The number of carbonyl (C=O) groups excluding carboxylic acids is 3. The van der Waals surface area contributed by atoms with Crippen molar-refractivity contribution < 1.29 is 38.9 Å². The highest BCUT2D eigenvalue weighted by Gasteiger charge is 2.38. The maximum absolute atomic E-state index is 12.8. The molecule has 2 N–H and O–H groups in total. The van der Waals surface area contributed by atoms with Crippen LogP contribution in [0, 0.1) is 5.92 Å². The lowest BCUT2D eigenvalue weighted by molar-refractivity contribution is -0.154. The molecule has 212 valence electrons. The molecule has 0 aliphatic carbocycles. The number of hydrogen-bond donors (Lipinski definition) is 2. The van der Waals surface area contributed by atoms with Crippen molar-refractivity contribution in [3.05, 3.63) is 71.9 Å². The molecule has 0 bridgehead atoms. The molecule has 2 aliphatic heterocycles. The topological polar surface area (TPSA) is 158 Å². The van der Waals surface area contributed by atoms with Crippen LogP contribution in [-0.4, -0.2) is 100 Å². The number of hydrogen-bond acceptors (Lipinski definition) is 9. The predicted octanol–water partition coefficient (Wildman–Crippen LogP) is 1.78. The van der Waals surface area contributed by atoms with E-state index in [-0.39, 0.29) is 30.2 Å². The maximum Gasteiger partial charge on any atom is 0.328 e. The number of piperazine rings is 1. The van der Waals surface area contributed by atoms with Gasteiger partial charge in [-0.2, -0.15) is 0 Å². The molecule has 1 atom stereocenters. The fourth-order valence-electron chi connectivity index (χ4n) is 4.17. The third-order valence-electron chi connectivity index (χ3n) is 6.19. The van der Waals surface area contributed by atoms with Crippen LogP contribution in [0.3, 0.4) is 0 Å². The fourth-order valence-corrected chi connectivity index (χ4v) is 4.17. The SMILES string of the molecule is CC(C)C(=O)OC(CN1CCN(c2ccccn2)CC1)CN1C(=O)c2ccccc2C1=O.O=C(O)/C=C\C(=O)O. The Balaban J connectivity index is 0.000000482. The van der Waals surface area contributed by atoms with Gasteiger partial charge >= 0.3 is 17.9 Å². The summed E-state index contributed by atoms with van der Waals surface area (Å²) in [6.45, 7) is 7.19. The van der Waals surface area contributed by atoms with E-state index in [1.54, 1.807) is 44.3 Å². The quantitative estimate of drug-likeness (QED) is 0.265. The van der Waals surface area contributed by atoms with Gasteiger partial charge in [-0.1, -0.05) is 32.0 Å². The number of carboxylic acids is 2. The van der Waals surface area contributed by atoms with E-state index in [1.807, 2.05) is 18.2 Å². The first-order valence-electron chi connectivity index (χ1n) is 12.7. The van der Waals surface area contributed by atoms with Gasteiger partial charge in [0.25, 0.3) is 11.8 Å². The molecule has 1 unspecified atom stereocenters. The maximum atomic E-state index is 12.8. The molecule has 1 saturated heterocycles. The molecule has 1 aromatic heterocycles. The highest BCUT2D eigenvalue weighted by atomic mass is 16.5. The van der Waals surface area contributed by atoms with Gasteiger partial charge in [0, 0.05) is 51.1 Å². The van der Waals surface area contributed by atoms with E-state index in [0.29, 0.717) is 29.8 Å². The predicted molar refractivity (Wildman–Crippen MR) is 144 cm³/mol. The van der Waals surface area contributed by atoms with E-state index in [0.717, 1.165) is 32.0 Å². The Kier molecular flexibility index (Phi) is 10.5. The highest BCUT2D eigenvalue weighted by Crippen LogP contribution is 2.23. The summed E-state index contributed by atoms with van der Waals surface area (Å²) in [4.78, 5) is 67.1. The summed E-state index contributed by atoms with van der Waals surface area (Å²) >= 11 is 0. The van der Waals surface area contributed by atoms with Crippen molar-refractivity contribution in [3.63, 3.8) is 0 Å². The molecule has 2 aromatic rings.